The van der Waals surface area contributed by atoms with Crippen LogP contribution in [0.25, 0.3) is 0 Å². The topological polar surface area (TPSA) is 74.7 Å². The van der Waals surface area contributed by atoms with Gasteiger partial charge in [0.1, 0.15) is 0 Å². The molecule has 0 saturated carbocycles. The van der Waals surface area contributed by atoms with Gasteiger partial charge >= 0.3 is 0 Å². The number of rotatable bonds is 5. The van der Waals surface area contributed by atoms with Gasteiger partial charge in [0.05, 0.1) is 6.04 Å². The van der Waals surface area contributed by atoms with Crippen molar-refractivity contribution in [3.05, 3.63) is 0 Å². The molecule has 0 aromatic heterocycles. The van der Waals surface area contributed by atoms with Crippen molar-refractivity contribution < 1.29 is 4.84 Å². The lowest BCUT2D eigenvalue weighted by Crippen LogP contribution is -2.44. The van der Waals surface area contributed by atoms with E-state index in [9.17, 15) is 0 Å². The van der Waals surface area contributed by atoms with Gasteiger partial charge in [-0.2, -0.15) is 5.53 Å². The van der Waals surface area contributed by atoms with Gasteiger partial charge in [-0.3, -0.25) is 5.73 Å². The molecule has 12 heavy (non-hydrogen) atoms. The summed E-state index contributed by atoms with van der Waals surface area (Å²) in [5.41, 5.74) is 12.1. The summed E-state index contributed by atoms with van der Waals surface area (Å²) in [6, 6.07) is 0.431. The van der Waals surface area contributed by atoms with Crippen LogP contribution in [-0.4, -0.2) is 21.4 Å². The van der Waals surface area contributed by atoms with Gasteiger partial charge in [-0.1, -0.05) is 0 Å². The van der Waals surface area contributed by atoms with E-state index in [1.54, 1.807) is 0 Å². The van der Waals surface area contributed by atoms with Crippen molar-refractivity contribution in [2.45, 2.75) is 39.1 Å². The first-order valence-corrected chi connectivity index (χ1v) is 4.69. The number of nitrogens with zero attached hydrogens (tertiary/aromatic N) is 2. The second-order valence-corrected chi connectivity index (χ2v) is 3.95. The van der Waals surface area contributed by atoms with Crippen molar-refractivity contribution in [3.8, 4) is 0 Å². The first kappa shape index (κ1) is 12.0. The molecule has 0 radical (unpaired) electrons. The Labute approximate surface area is 86.6 Å². The zero-order chi connectivity index (χ0) is 9.72. The molecule has 0 aromatic rings. The van der Waals surface area contributed by atoms with Gasteiger partial charge in [0, 0.05) is 34.2 Å². The molecular weight excluding hydrogens is 271 g/mol. The summed E-state index contributed by atoms with van der Waals surface area (Å²) in [6.07, 6.45) is -0.540. The number of nitrogens with one attached hydrogen (secondary N) is 1. The highest BCUT2D eigenvalue weighted by Gasteiger charge is 2.22. The minimum Gasteiger partial charge on any atom is -0.359 e. The van der Waals surface area contributed by atoms with Crippen molar-refractivity contribution in [2.75, 3.05) is 0 Å². The smallest absolute Gasteiger partial charge is 0.194 e. The van der Waals surface area contributed by atoms with Gasteiger partial charge in [-0.15, -0.1) is 0 Å². The molecule has 0 aliphatic heterocycles. The summed E-state index contributed by atoms with van der Waals surface area (Å²) in [7, 11) is 0. The van der Waals surface area contributed by atoms with Gasteiger partial charge < -0.3 is 4.84 Å². The Bertz CT molecular complexity index is 144. The van der Waals surface area contributed by atoms with Crippen LogP contribution in [0.1, 0.15) is 20.8 Å². The second-order valence-electron chi connectivity index (χ2n) is 2.84. The highest BCUT2D eigenvalue weighted by Crippen LogP contribution is 2.14. The molecule has 72 valence electrons. The molecule has 0 saturated heterocycles. The molecule has 0 aliphatic carbocycles. The molecule has 3 N–H and O–H groups in total. The van der Waals surface area contributed by atoms with Crippen LogP contribution in [0.4, 0.5) is 0 Å². The average Bonchev–Trinajstić information content (AvgIpc) is 2.02. The third-order valence-corrected chi connectivity index (χ3v) is 3.53. The maximum Gasteiger partial charge on any atom is 0.194 e. The van der Waals surface area contributed by atoms with Gasteiger partial charge in [0.2, 0.25) is 0 Å². The lowest BCUT2D eigenvalue weighted by atomic mass is 10.2. The van der Waals surface area contributed by atoms with E-state index in [1.165, 1.54) is 0 Å². The molecule has 0 amide bonds. The molecule has 0 aliphatic rings. The molecule has 5 nitrogen and oxygen atoms in total. The summed E-state index contributed by atoms with van der Waals surface area (Å²) < 4.78 is 2.04. The van der Waals surface area contributed by atoms with Crippen LogP contribution >= 0.6 is 22.9 Å². The van der Waals surface area contributed by atoms with Crippen LogP contribution in [0.2, 0.25) is 0 Å². The molecule has 6 heteroatoms. The van der Waals surface area contributed by atoms with E-state index in [1.807, 2.05) is 10.0 Å². The zero-order valence-corrected chi connectivity index (χ0v) is 9.65. The molecule has 0 heterocycles. The number of nitrogens with two attached hydrogens (primary N) is 1. The van der Waals surface area contributed by atoms with Crippen LogP contribution in [0.3, 0.4) is 0 Å². The van der Waals surface area contributed by atoms with E-state index in [-0.39, 0.29) is 6.04 Å². The minimum absolute atomic E-state index is 0.0414. The molecule has 0 aromatic carbocycles. The Morgan fingerprint density at radius 3 is 2.33 bits per heavy atom. The second kappa shape index (κ2) is 5.65. The third-order valence-electron chi connectivity index (χ3n) is 1.53. The van der Waals surface area contributed by atoms with Crippen LogP contribution in [0.15, 0.2) is 5.28 Å². The molecule has 2 atom stereocenters. The van der Waals surface area contributed by atoms with E-state index in [2.05, 4.69) is 46.8 Å². The fourth-order valence-corrected chi connectivity index (χ4v) is 1.08. The van der Waals surface area contributed by atoms with E-state index >= 15 is 0 Å². The zero-order valence-electron chi connectivity index (χ0n) is 7.49. The van der Waals surface area contributed by atoms with E-state index < -0.39 is 6.23 Å². The molecule has 0 spiro atoms. The fraction of sp³-hybridized carbons (Fsp3) is 1.00. The largest absolute Gasteiger partial charge is 0.359 e. The first-order valence-electron chi connectivity index (χ1n) is 3.73. The monoisotopic (exact) mass is 286 g/mol. The lowest BCUT2D eigenvalue weighted by molar-refractivity contribution is 0.00444. The predicted molar refractivity (Wildman–Crippen MR) is 54.7 cm³/mol. The summed E-state index contributed by atoms with van der Waals surface area (Å²) >= 11 is 2.18. The van der Waals surface area contributed by atoms with Crippen LogP contribution in [-0.2, 0) is 4.84 Å². The standard InChI is InChI=1S/C6H15IN4O/c1-4(2)11(7)5(3)6(8)12-10-9/h4-6,9H,8H2,1-3H3/t5-,6?/m0/s1. The Morgan fingerprint density at radius 2 is 2.00 bits per heavy atom. The summed E-state index contributed by atoms with van der Waals surface area (Å²) in [6.45, 7) is 6.06. The minimum atomic E-state index is -0.540. The summed E-state index contributed by atoms with van der Waals surface area (Å²) in [5, 5.41) is 2.79. The van der Waals surface area contributed by atoms with Crippen LogP contribution < -0.4 is 5.73 Å². The quantitative estimate of drug-likeness (QED) is 0.265. The molecule has 1 unspecified atom stereocenters. The molecule has 0 rings (SSSR count). The fourth-order valence-electron chi connectivity index (χ4n) is 0.760. The highest BCUT2D eigenvalue weighted by molar-refractivity contribution is 14.1. The Morgan fingerprint density at radius 1 is 1.50 bits per heavy atom. The number of hydrogen-bond donors (Lipinski definition) is 2. The predicted octanol–water partition coefficient (Wildman–Crippen LogP) is 1.68. The Balaban J connectivity index is 3.98. The normalized spacial score (nSPS) is 16.2. The van der Waals surface area contributed by atoms with Gasteiger partial charge in [0.25, 0.3) is 0 Å². The Kier molecular flexibility index (Phi) is 5.68. The van der Waals surface area contributed by atoms with Gasteiger partial charge in [0.15, 0.2) is 6.23 Å². The maximum absolute atomic E-state index is 6.48. The van der Waals surface area contributed by atoms with Crippen molar-refractivity contribution >= 4 is 22.9 Å². The summed E-state index contributed by atoms with van der Waals surface area (Å²) in [5.74, 6) is 0. The first-order chi connectivity index (χ1) is 5.50. The van der Waals surface area contributed by atoms with E-state index in [0.717, 1.165) is 0 Å². The molecule has 0 fully saturated rings. The Hall–Kier alpha value is 0.0500. The van der Waals surface area contributed by atoms with E-state index in [4.69, 9.17) is 11.3 Å². The van der Waals surface area contributed by atoms with Crippen LogP contribution in [0, 0.1) is 5.53 Å². The highest BCUT2D eigenvalue weighted by atomic mass is 127. The molecular formula is C6H15IN4O. The van der Waals surface area contributed by atoms with Crippen molar-refractivity contribution in [3.63, 3.8) is 0 Å². The lowest BCUT2D eigenvalue weighted by Gasteiger charge is -2.28. The molecule has 0 bridgehead atoms. The summed E-state index contributed by atoms with van der Waals surface area (Å²) in [4.78, 5) is 4.60. The average molecular weight is 286 g/mol. The number of hydrogen-bond acceptors (Lipinski definition) is 5. The van der Waals surface area contributed by atoms with E-state index in [0.29, 0.717) is 6.04 Å². The van der Waals surface area contributed by atoms with Crippen LogP contribution in [0.5, 0.6) is 0 Å². The van der Waals surface area contributed by atoms with Gasteiger partial charge in [-0.05, 0) is 20.8 Å². The number of halogens is 1. The third kappa shape index (κ3) is 3.63. The maximum atomic E-state index is 6.48. The van der Waals surface area contributed by atoms with Crippen molar-refractivity contribution in [1.29, 1.82) is 5.53 Å². The van der Waals surface area contributed by atoms with Crippen molar-refractivity contribution in [1.82, 2.24) is 3.11 Å². The SMILES string of the molecule is CC(C)N(I)[C@@H](C)C(N)ON=N. The van der Waals surface area contributed by atoms with Gasteiger partial charge in [-0.25, -0.2) is 3.11 Å². The van der Waals surface area contributed by atoms with Crippen molar-refractivity contribution in [2.24, 2.45) is 11.0 Å².